The van der Waals surface area contributed by atoms with Crippen LogP contribution in [0.15, 0.2) is 48.5 Å². The van der Waals surface area contributed by atoms with Gasteiger partial charge in [-0.3, -0.25) is 0 Å². The lowest BCUT2D eigenvalue weighted by Crippen LogP contribution is -2.37. The van der Waals surface area contributed by atoms with Crippen LogP contribution in [-0.2, 0) is 47.0 Å². The maximum absolute atomic E-state index is 13.8. The van der Waals surface area contributed by atoms with Gasteiger partial charge in [0.05, 0.1) is 13.2 Å². The van der Waals surface area contributed by atoms with Crippen LogP contribution in [0, 0.1) is 0 Å². The Kier molecular flexibility index (Phi) is 10.8. The van der Waals surface area contributed by atoms with Crippen molar-refractivity contribution in [2.45, 2.75) is 83.4 Å². The van der Waals surface area contributed by atoms with Crippen molar-refractivity contribution in [2.24, 2.45) is 0 Å². The number of tetrazole rings is 1. The van der Waals surface area contributed by atoms with Crippen molar-refractivity contribution in [3.05, 3.63) is 71.3 Å². The third-order valence-electron chi connectivity index (χ3n) is 8.62. The number of rotatable bonds is 12. The quantitative estimate of drug-likeness (QED) is 0.109. The number of aromatic amines is 1. The van der Waals surface area contributed by atoms with Crippen molar-refractivity contribution in [3.8, 4) is 22.5 Å². The van der Waals surface area contributed by atoms with E-state index in [9.17, 15) is 19.5 Å². The number of aliphatic hydroxyl groups is 1. The fraction of sp³-hybridized carbons (Fsp3) is 0.457. The zero-order valence-electron chi connectivity index (χ0n) is 29.4. The van der Waals surface area contributed by atoms with E-state index in [2.05, 4.69) is 30.9 Å². The monoisotopic (exact) mass is 719 g/mol. The Morgan fingerprint density at radius 2 is 1.69 bits per heavy atom. The lowest BCUT2D eigenvalue weighted by Gasteiger charge is -2.21. The summed E-state index contributed by atoms with van der Waals surface area (Å²) in [7, 11) is 1.44. The van der Waals surface area contributed by atoms with Crippen LogP contribution in [0.2, 0.25) is 0 Å². The standard InChI is InChI=1S/C35H41N7O10/c1-6-9-26-37-30(35(3,4)46)27(42(26)16-20-12-14-21(15-13-20)22-10-7-8-11-23(22)31-38-40-41-39-31)32(43)49-19(2)50-34(45)52-25-18-48-28-24(17-47-29(25)28)51-33(44)36-5/h7-8,10-15,19,24-25,28-29,46H,6,9,16-18H2,1-5H3,(H,36,44)(H,38,39,40,41)/t19?,24-,25-,28+,29+/m0/s1. The number of hydrogen-bond acceptors (Lipinski definition) is 14. The summed E-state index contributed by atoms with van der Waals surface area (Å²) < 4.78 is 34.6. The van der Waals surface area contributed by atoms with E-state index in [0.717, 1.165) is 28.7 Å². The second-order valence-corrected chi connectivity index (χ2v) is 12.9. The van der Waals surface area contributed by atoms with Crippen LogP contribution in [0.25, 0.3) is 22.5 Å². The number of hydrogen-bond donors (Lipinski definition) is 3. The van der Waals surface area contributed by atoms with Gasteiger partial charge in [-0.1, -0.05) is 55.5 Å². The molecule has 3 N–H and O–H groups in total. The molecule has 0 bridgehead atoms. The number of aryl methyl sites for hydroxylation is 1. The molecule has 0 radical (unpaired) electrons. The first kappa shape index (κ1) is 36.4. The van der Waals surface area contributed by atoms with Crippen LogP contribution < -0.4 is 5.32 Å². The van der Waals surface area contributed by atoms with E-state index < -0.39 is 54.5 Å². The number of H-pyrrole nitrogens is 1. The molecule has 52 heavy (non-hydrogen) atoms. The predicted octanol–water partition coefficient (Wildman–Crippen LogP) is 3.51. The molecule has 4 heterocycles. The molecule has 2 aromatic carbocycles. The largest absolute Gasteiger partial charge is 0.511 e. The number of fused-ring (bicyclic) bond motifs is 1. The number of esters is 1. The summed E-state index contributed by atoms with van der Waals surface area (Å²) in [6, 6.07) is 15.5. The molecule has 17 nitrogen and oxygen atoms in total. The number of carbonyl (C=O) groups is 3. The van der Waals surface area contributed by atoms with Crippen molar-refractivity contribution in [3.63, 3.8) is 0 Å². The number of amides is 1. The highest BCUT2D eigenvalue weighted by atomic mass is 16.8. The number of nitrogens with one attached hydrogen (secondary N) is 2. The summed E-state index contributed by atoms with van der Waals surface area (Å²) >= 11 is 0. The minimum absolute atomic E-state index is 0.00711. The lowest BCUT2D eigenvalue weighted by molar-refractivity contribution is -0.0993. The number of ether oxygens (including phenoxy) is 6. The maximum atomic E-state index is 13.8. The minimum Gasteiger partial charge on any atom is -0.441 e. The summed E-state index contributed by atoms with van der Waals surface area (Å²) in [6.07, 6.45) is -4.67. The zero-order chi connectivity index (χ0) is 37.0. The summed E-state index contributed by atoms with van der Waals surface area (Å²) in [5, 5.41) is 27.9. The molecule has 276 valence electrons. The van der Waals surface area contributed by atoms with Crippen LogP contribution in [0.1, 0.15) is 61.7 Å². The van der Waals surface area contributed by atoms with Gasteiger partial charge in [0.1, 0.15) is 29.3 Å². The van der Waals surface area contributed by atoms with Gasteiger partial charge in [0, 0.05) is 32.5 Å². The van der Waals surface area contributed by atoms with Gasteiger partial charge in [0.15, 0.2) is 17.9 Å². The molecule has 0 spiro atoms. The van der Waals surface area contributed by atoms with Crippen LogP contribution in [0.3, 0.4) is 0 Å². The van der Waals surface area contributed by atoms with Gasteiger partial charge in [-0.2, -0.15) is 5.21 Å². The van der Waals surface area contributed by atoms with E-state index in [1.807, 2.05) is 55.5 Å². The van der Waals surface area contributed by atoms with E-state index in [1.165, 1.54) is 27.8 Å². The van der Waals surface area contributed by atoms with E-state index in [1.54, 1.807) is 4.57 Å². The number of imidazole rings is 1. The molecule has 1 amide bonds. The third kappa shape index (κ3) is 7.90. The van der Waals surface area contributed by atoms with Gasteiger partial charge in [-0.15, -0.1) is 10.2 Å². The molecule has 2 fully saturated rings. The van der Waals surface area contributed by atoms with E-state index in [0.29, 0.717) is 18.1 Å². The van der Waals surface area contributed by atoms with Crippen molar-refractivity contribution in [1.29, 1.82) is 0 Å². The summed E-state index contributed by atoms with van der Waals surface area (Å²) in [4.78, 5) is 42.9. The number of carbonyl (C=O) groups excluding carboxylic acids is 3. The smallest absolute Gasteiger partial charge is 0.441 e. The first-order valence-corrected chi connectivity index (χ1v) is 16.9. The van der Waals surface area contributed by atoms with E-state index in [4.69, 9.17) is 28.4 Å². The molecule has 2 saturated heterocycles. The highest BCUT2D eigenvalue weighted by Crippen LogP contribution is 2.33. The normalized spacial score (nSPS) is 20.2. The second kappa shape index (κ2) is 15.5. The summed E-state index contributed by atoms with van der Waals surface area (Å²) in [5.41, 5.74) is 2.16. The molecule has 1 unspecified atom stereocenters. The average molecular weight is 720 g/mol. The molecule has 0 saturated carbocycles. The Hall–Kier alpha value is -5.39. The van der Waals surface area contributed by atoms with Crippen molar-refractivity contribution in [1.82, 2.24) is 35.5 Å². The Bertz CT molecular complexity index is 1870. The molecule has 5 atom stereocenters. The fourth-order valence-corrected chi connectivity index (χ4v) is 6.24. The Labute approximate surface area is 298 Å². The van der Waals surface area contributed by atoms with Gasteiger partial charge in [0.25, 0.3) is 0 Å². The molecule has 2 aromatic heterocycles. The summed E-state index contributed by atoms with van der Waals surface area (Å²) in [5.74, 6) is 0.204. The van der Waals surface area contributed by atoms with Crippen LogP contribution in [0.5, 0.6) is 0 Å². The third-order valence-corrected chi connectivity index (χ3v) is 8.62. The Morgan fingerprint density at radius 3 is 2.31 bits per heavy atom. The van der Waals surface area contributed by atoms with Crippen molar-refractivity contribution >= 4 is 18.2 Å². The van der Waals surface area contributed by atoms with Gasteiger partial charge >= 0.3 is 18.2 Å². The van der Waals surface area contributed by atoms with Crippen LogP contribution in [-0.4, -0.2) is 104 Å². The van der Waals surface area contributed by atoms with Crippen LogP contribution in [0.4, 0.5) is 9.59 Å². The number of nitrogens with zero attached hydrogens (tertiary/aromatic N) is 5. The molecule has 4 aromatic rings. The van der Waals surface area contributed by atoms with Gasteiger partial charge in [0.2, 0.25) is 12.1 Å². The molecule has 6 rings (SSSR count). The first-order chi connectivity index (χ1) is 25.0. The number of benzene rings is 2. The second-order valence-electron chi connectivity index (χ2n) is 12.9. The molecule has 2 aliphatic heterocycles. The fourth-order valence-electron chi connectivity index (χ4n) is 6.24. The van der Waals surface area contributed by atoms with Gasteiger partial charge in [-0.25, -0.2) is 19.4 Å². The highest BCUT2D eigenvalue weighted by Gasteiger charge is 2.51. The molecule has 2 aliphatic rings. The van der Waals surface area contributed by atoms with Gasteiger partial charge < -0.3 is 43.4 Å². The maximum Gasteiger partial charge on any atom is 0.511 e. The molecule has 17 heteroatoms. The van der Waals surface area contributed by atoms with Crippen molar-refractivity contribution in [2.75, 3.05) is 20.3 Å². The van der Waals surface area contributed by atoms with Crippen molar-refractivity contribution < 1.29 is 47.9 Å². The minimum atomic E-state index is -1.51. The SMILES string of the molecule is CCCc1nc(C(C)(C)O)c(C(=O)OC(C)OC(=O)O[C@H]2CO[C@H]3[C@@H]2OC[C@@H]3OC(=O)NC)n1Cc1ccc(-c2ccccc2-c2nn[nH]n2)cc1. The zero-order valence-corrected chi connectivity index (χ0v) is 29.4. The topological polar surface area (TPSA) is 211 Å². The van der Waals surface area contributed by atoms with Crippen LogP contribution >= 0.6 is 0 Å². The number of aromatic nitrogens is 6. The summed E-state index contributed by atoms with van der Waals surface area (Å²) in [6.45, 7) is 6.73. The predicted molar refractivity (Wildman–Crippen MR) is 181 cm³/mol. The highest BCUT2D eigenvalue weighted by molar-refractivity contribution is 5.89. The molecule has 0 aliphatic carbocycles. The van der Waals surface area contributed by atoms with E-state index in [-0.39, 0.29) is 31.1 Å². The van der Waals surface area contributed by atoms with E-state index >= 15 is 0 Å². The molecular weight excluding hydrogens is 678 g/mol. The van der Waals surface area contributed by atoms with Gasteiger partial charge in [-0.05, 0) is 42.2 Å². The molecular formula is C35H41N7O10. The lowest BCUT2D eigenvalue weighted by atomic mass is 9.98. The average Bonchev–Trinajstić information content (AvgIpc) is 3.92. The first-order valence-electron chi connectivity index (χ1n) is 16.9. The number of alkyl carbamates (subject to hydrolysis) is 1. The Balaban J connectivity index is 1.16. The Morgan fingerprint density at radius 1 is 1.02 bits per heavy atom.